The van der Waals surface area contributed by atoms with Crippen LogP contribution in [0, 0.1) is 5.92 Å². The van der Waals surface area contributed by atoms with Gasteiger partial charge in [-0.05, 0) is 37.3 Å². The van der Waals surface area contributed by atoms with Crippen molar-refractivity contribution >= 4 is 40.7 Å². The molecule has 3 nitrogen and oxygen atoms in total. The molecule has 1 aliphatic rings. The molecule has 1 amide bonds. The minimum atomic E-state index is -0.345. The minimum Gasteiger partial charge on any atom is -0.396 e. The summed E-state index contributed by atoms with van der Waals surface area (Å²) in [4.78, 5) is 12.2. The van der Waals surface area contributed by atoms with E-state index in [4.69, 9.17) is 39.9 Å². The van der Waals surface area contributed by atoms with Crippen LogP contribution in [-0.2, 0) is 0 Å². The van der Waals surface area contributed by atoms with Crippen molar-refractivity contribution in [3.63, 3.8) is 0 Å². The minimum absolute atomic E-state index is 0.0383. The number of aliphatic hydroxyl groups excluding tert-OH is 1. The van der Waals surface area contributed by atoms with E-state index in [1.165, 1.54) is 0 Å². The van der Waals surface area contributed by atoms with Gasteiger partial charge in [-0.2, -0.15) is 0 Å². The van der Waals surface area contributed by atoms with Gasteiger partial charge in [-0.15, -0.1) is 0 Å². The van der Waals surface area contributed by atoms with Gasteiger partial charge in [-0.25, -0.2) is 0 Å². The smallest absolute Gasteiger partial charge is 0.254 e. The van der Waals surface area contributed by atoms with Gasteiger partial charge in [0, 0.05) is 12.6 Å². The number of nitrogens with one attached hydrogen (secondary N) is 1. The molecule has 0 aromatic heterocycles. The number of aliphatic hydroxyl groups is 1. The summed E-state index contributed by atoms with van der Waals surface area (Å²) in [5, 5.41) is 12.6. The maximum absolute atomic E-state index is 12.2. The predicted molar refractivity (Wildman–Crippen MR) is 77.2 cm³/mol. The van der Waals surface area contributed by atoms with Crippen molar-refractivity contribution < 1.29 is 9.90 Å². The van der Waals surface area contributed by atoms with E-state index in [0.717, 1.165) is 12.8 Å². The molecule has 0 heterocycles. The highest BCUT2D eigenvalue weighted by atomic mass is 35.5. The van der Waals surface area contributed by atoms with Gasteiger partial charge in [0.15, 0.2) is 0 Å². The van der Waals surface area contributed by atoms with Crippen molar-refractivity contribution in [2.24, 2.45) is 5.92 Å². The van der Waals surface area contributed by atoms with Crippen molar-refractivity contribution in [2.45, 2.75) is 25.3 Å². The highest BCUT2D eigenvalue weighted by Crippen LogP contribution is 2.35. The summed E-state index contributed by atoms with van der Waals surface area (Å²) in [7, 11) is 0. The van der Waals surface area contributed by atoms with Crippen molar-refractivity contribution in [3.8, 4) is 0 Å². The molecule has 6 heteroatoms. The molecule has 104 valence electrons. The van der Waals surface area contributed by atoms with Crippen LogP contribution in [0.25, 0.3) is 0 Å². The third-order valence-corrected chi connectivity index (χ3v) is 4.34. The first-order chi connectivity index (χ1) is 9.04. The highest BCUT2D eigenvalue weighted by molar-refractivity contribution is 6.46. The molecular formula is C13H14Cl3NO2. The van der Waals surface area contributed by atoms with Crippen LogP contribution in [-0.4, -0.2) is 23.7 Å². The van der Waals surface area contributed by atoms with Crippen molar-refractivity contribution in [1.82, 2.24) is 5.32 Å². The van der Waals surface area contributed by atoms with Gasteiger partial charge < -0.3 is 10.4 Å². The normalized spacial score (nSPS) is 16.2. The van der Waals surface area contributed by atoms with Crippen LogP contribution < -0.4 is 5.32 Å². The molecule has 1 atom stereocenters. The van der Waals surface area contributed by atoms with Crippen LogP contribution in [0.3, 0.4) is 0 Å². The Bertz CT molecular complexity index is 489. The zero-order valence-corrected chi connectivity index (χ0v) is 12.4. The second-order valence-corrected chi connectivity index (χ2v) is 5.84. The number of amides is 1. The second kappa shape index (κ2) is 6.31. The Morgan fingerprint density at radius 3 is 2.53 bits per heavy atom. The van der Waals surface area contributed by atoms with Gasteiger partial charge >= 0.3 is 0 Å². The molecule has 1 unspecified atom stereocenters. The summed E-state index contributed by atoms with van der Waals surface area (Å²) in [6.07, 6.45) is 2.68. The summed E-state index contributed by atoms with van der Waals surface area (Å²) in [5.74, 6) is 0.0932. The number of carbonyl (C=O) groups excluding carboxylic acids is 1. The summed E-state index contributed by atoms with van der Waals surface area (Å²) in [6.45, 7) is 0.0401. The van der Waals surface area contributed by atoms with E-state index in [2.05, 4.69) is 5.32 Å². The number of carbonyl (C=O) groups is 1. The monoisotopic (exact) mass is 321 g/mol. The van der Waals surface area contributed by atoms with Gasteiger partial charge in [-0.3, -0.25) is 4.79 Å². The second-order valence-electron chi connectivity index (χ2n) is 4.65. The topological polar surface area (TPSA) is 49.3 Å². The van der Waals surface area contributed by atoms with Crippen LogP contribution in [0.1, 0.15) is 29.6 Å². The number of hydrogen-bond donors (Lipinski definition) is 2. The lowest BCUT2D eigenvalue weighted by Gasteiger charge is -2.18. The zero-order chi connectivity index (χ0) is 14.0. The molecule has 0 radical (unpaired) electrons. The number of benzene rings is 1. The van der Waals surface area contributed by atoms with Crippen LogP contribution >= 0.6 is 34.8 Å². The Labute approximate surface area is 126 Å². The molecule has 1 aliphatic carbocycles. The first-order valence-corrected chi connectivity index (χ1v) is 7.23. The van der Waals surface area contributed by atoms with Gasteiger partial charge in [-0.1, -0.05) is 34.8 Å². The van der Waals surface area contributed by atoms with Crippen molar-refractivity contribution in [2.75, 3.05) is 6.61 Å². The summed E-state index contributed by atoms with van der Waals surface area (Å²) < 4.78 is 0. The molecule has 2 N–H and O–H groups in total. The van der Waals surface area contributed by atoms with Crippen LogP contribution in [0.5, 0.6) is 0 Å². The third-order valence-electron chi connectivity index (χ3n) is 3.22. The van der Waals surface area contributed by atoms with Gasteiger partial charge in [0.05, 0.1) is 20.6 Å². The summed E-state index contributed by atoms with van der Waals surface area (Å²) >= 11 is 17.9. The van der Waals surface area contributed by atoms with Gasteiger partial charge in [0.2, 0.25) is 0 Å². The standard InChI is InChI=1S/C13H14Cl3NO2/c14-8-3-4-9(15)12(16)11(8)13(19)17-10(5-6-18)7-1-2-7/h3-4,7,10,18H,1-2,5-6H2,(H,17,19). The zero-order valence-electron chi connectivity index (χ0n) is 10.1. The Balaban J connectivity index is 2.17. The van der Waals surface area contributed by atoms with Crippen molar-refractivity contribution in [1.29, 1.82) is 0 Å². The van der Waals surface area contributed by atoms with E-state index in [9.17, 15) is 4.79 Å². The van der Waals surface area contributed by atoms with Crippen LogP contribution in [0.2, 0.25) is 15.1 Å². The Hall–Kier alpha value is -0.480. The molecule has 0 spiro atoms. The molecule has 1 saturated carbocycles. The van der Waals surface area contributed by atoms with E-state index in [1.807, 2.05) is 0 Å². The maximum atomic E-state index is 12.2. The number of halogens is 3. The lowest BCUT2D eigenvalue weighted by atomic mass is 10.1. The third kappa shape index (κ3) is 3.54. The first kappa shape index (κ1) is 14.9. The number of rotatable bonds is 5. The maximum Gasteiger partial charge on any atom is 0.254 e. The lowest BCUT2D eigenvalue weighted by Crippen LogP contribution is -2.37. The molecule has 0 saturated heterocycles. The predicted octanol–water partition coefficient (Wildman–Crippen LogP) is 3.54. The average Bonchev–Trinajstić information content (AvgIpc) is 3.18. The average molecular weight is 323 g/mol. The van der Waals surface area contributed by atoms with E-state index in [1.54, 1.807) is 12.1 Å². The van der Waals surface area contributed by atoms with Gasteiger partial charge in [0.25, 0.3) is 5.91 Å². The van der Waals surface area contributed by atoms with Crippen LogP contribution in [0.4, 0.5) is 0 Å². The molecule has 1 aromatic carbocycles. The molecule has 1 fully saturated rings. The molecular weight excluding hydrogens is 309 g/mol. The van der Waals surface area contributed by atoms with E-state index < -0.39 is 0 Å². The van der Waals surface area contributed by atoms with E-state index in [-0.39, 0.29) is 34.2 Å². The quantitative estimate of drug-likeness (QED) is 0.815. The van der Waals surface area contributed by atoms with E-state index >= 15 is 0 Å². The molecule has 1 aromatic rings. The fourth-order valence-corrected chi connectivity index (χ4v) is 2.74. The molecule has 2 rings (SSSR count). The SMILES string of the molecule is O=C(NC(CCO)C1CC1)c1c(Cl)ccc(Cl)c1Cl. The Kier molecular flexibility index (Phi) is 4.96. The van der Waals surface area contributed by atoms with Gasteiger partial charge in [0.1, 0.15) is 0 Å². The number of hydrogen-bond acceptors (Lipinski definition) is 2. The summed E-state index contributed by atoms with van der Waals surface area (Å²) in [6, 6.07) is 3.06. The Morgan fingerprint density at radius 1 is 1.32 bits per heavy atom. The largest absolute Gasteiger partial charge is 0.396 e. The fourth-order valence-electron chi connectivity index (χ4n) is 2.04. The molecule has 0 bridgehead atoms. The molecule has 19 heavy (non-hydrogen) atoms. The first-order valence-electron chi connectivity index (χ1n) is 6.09. The molecule has 0 aliphatic heterocycles. The fraction of sp³-hybridized carbons (Fsp3) is 0.462. The Morgan fingerprint density at radius 2 is 1.95 bits per heavy atom. The highest BCUT2D eigenvalue weighted by Gasteiger charge is 2.32. The van der Waals surface area contributed by atoms with Crippen LogP contribution in [0.15, 0.2) is 12.1 Å². The summed E-state index contributed by atoms with van der Waals surface area (Å²) in [5.41, 5.74) is 0.194. The lowest BCUT2D eigenvalue weighted by molar-refractivity contribution is 0.0924. The van der Waals surface area contributed by atoms with E-state index in [0.29, 0.717) is 17.4 Å². The van der Waals surface area contributed by atoms with Crippen molar-refractivity contribution in [3.05, 3.63) is 32.8 Å².